The SMILES string of the molecule is Cc1ccc(C)c(OC2CCN(C(=O)c3ccc(Cl)c(S(C)(=O)=O)c3)CC2)c1. The summed E-state index contributed by atoms with van der Waals surface area (Å²) < 4.78 is 29.8. The Morgan fingerprint density at radius 1 is 1.11 bits per heavy atom. The highest BCUT2D eigenvalue weighted by Gasteiger charge is 2.26. The van der Waals surface area contributed by atoms with Crippen LogP contribution in [0.5, 0.6) is 5.75 Å². The molecule has 2 aromatic rings. The summed E-state index contributed by atoms with van der Waals surface area (Å²) in [7, 11) is -3.49. The molecular weight excluding hydrogens is 398 g/mol. The van der Waals surface area contributed by atoms with Crippen LogP contribution < -0.4 is 4.74 Å². The first-order valence-corrected chi connectivity index (χ1v) is 11.4. The minimum absolute atomic E-state index is 0.0202. The standard InChI is InChI=1S/C21H24ClNO4S/c1-14-4-5-15(2)19(12-14)27-17-8-10-23(11-9-17)21(24)16-6-7-18(22)20(13-16)28(3,25)26/h4-7,12-13,17H,8-11H2,1-3H3. The summed E-state index contributed by atoms with van der Waals surface area (Å²) in [4.78, 5) is 14.5. The van der Waals surface area contributed by atoms with Crippen LogP contribution in [0.4, 0.5) is 0 Å². The number of carbonyl (C=O) groups excluding carboxylic acids is 1. The highest BCUT2D eigenvalue weighted by Crippen LogP contribution is 2.26. The van der Waals surface area contributed by atoms with Gasteiger partial charge in [0, 0.05) is 37.8 Å². The Bertz CT molecular complexity index is 995. The van der Waals surface area contributed by atoms with Crippen LogP contribution in [0.1, 0.15) is 34.3 Å². The zero-order valence-electron chi connectivity index (χ0n) is 16.2. The second-order valence-corrected chi connectivity index (χ2v) is 9.69. The lowest BCUT2D eigenvalue weighted by Crippen LogP contribution is -2.41. The molecule has 1 aliphatic rings. The van der Waals surface area contributed by atoms with E-state index in [-0.39, 0.29) is 21.9 Å². The fraction of sp³-hybridized carbons (Fsp3) is 0.381. The number of rotatable bonds is 4. The molecule has 0 saturated carbocycles. The Labute approximate surface area is 171 Å². The number of piperidine rings is 1. The van der Waals surface area contributed by atoms with Gasteiger partial charge in [-0.15, -0.1) is 0 Å². The first kappa shape index (κ1) is 20.7. The number of sulfone groups is 1. The van der Waals surface area contributed by atoms with E-state index in [1.807, 2.05) is 26.0 Å². The number of amides is 1. The summed E-state index contributed by atoms with van der Waals surface area (Å²) in [6.07, 6.45) is 2.59. The van der Waals surface area contributed by atoms with Crippen molar-refractivity contribution in [2.24, 2.45) is 0 Å². The molecule has 0 unspecified atom stereocenters. The molecule has 7 heteroatoms. The number of hydrogen-bond acceptors (Lipinski definition) is 4. The molecule has 2 aromatic carbocycles. The van der Waals surface area contributed by atoms with Gasteiger partial charge in [0.1, 0.15) is 11.9 Å². The van der Waals surface area contributed by atoms with Crippen LogP contribution in [-0.4, -0.2) is 44.7 Å². The molecule has 150 valence electrons. The van der Waals surface area contributed by atoms with Crippen LogP contribution in [0.25, 0.3) is 0 Å². The monoisotopic (exact) mass is 421 g/mol. The summed E-state index contributed by atoms with van der Waals surface area (Å²) in [5.41, 5.74) is 2.58. The van der Waals surface area contributed by atoms with Crippen LogP contribution >= 0.6 is 11.6 Å². The van der Waals surface area contributed by atoms with Gasteiger partial charge in [0.2, 0.25) is 0 Å². The maximum atomic E-state index is 12.8. The Hall–Kier alpha value is -2.05. The zero-order valence-corrected chi connectivity index (χ0v) is 17.8. The average Bonchev–Trinajstić information content (AvgIpc) is 2.64. The molecular formula is C21H24ClNO4S. The molecule has 0 N–H and O–H groups in total. The van der Waals surface area contributed by atoms with Gasteiger partial charge in [0.05, 0.1) is 9.92 Å². The Morgan fingerprint density at radius 3 is 2.43 bits per heavy atom. The van der Waals surface area contributed by atoms with E-state index < -0.39 is 9.84 Å². The van der Waals surface area contributed by atoms with Gasteiger partial charge in [-0.3, -0.25) is 4.79 Å². The molecule has 0 bridgehead atoms. The van der Waals surface area contributed by atoms with Crippen molar-refractivity contribution in [2.75, 3.05) is 19.3 Å². The third-order valence-corrected chi connectivity index (χ3v) is 6.52. The van der Waals surface area contributed by atoms with Crippen LogP contribution in [-0.2, 0) is 9.84 Å². The van der Waals surface area contributed by atoms with Gasteiger partial charge < -0.3 is 9.64 Å². The quantitative estimate of drug-likeness (QED) is 0.747. The molecule has 1 heterocycles. The normalized spacial score (nSPS) is 15.5. The maximum absolute atomic E-state index is 12.8. The first-order chi connectivity index (χ1) is 13.1. The number of halogens is 1. The number of ether oxygens (including phenoxy) is 1. The van der Waals surface area contributed by atoms with Crippen molar-refractivity contribution in [3.8, 4) is 5.75 Å². The number of benzene rings is 2. The number of nitrogens with zero attached hydrogens (tertiary/aromatic N) is 1. The summed E-state index contributed by atoms with van der Waals surface area (Å²) in [5, 5.41) is 0.125. The molecule has 1 saturated heterocycles. The van der Waals surface area contributed by atoms with Gasteiger partial charge in [0.25, 0.3) is 5.91 Å². The molecule has 1 fully saturated rings. The van der Waals surface area contributed by atoms with Gasteiger partial charge in [-0.25, -0.2) is 8.42 Å². The van der Waals surface area contributed by atoms with Crippen molar-refractivity contribution in [3.05, 3.63) is 58.1 Å². The number of hydrogen-bond donors (Lipinski definition) is 0. The molecule has 28 heavy (non-hydrogen) atoms. The molecule has 1 aliphatic heterocycles. The second-order valence-electron chi connectivity index (χ2n) is 7.30. The second kappa shape index (κ2) is 8.13. The third kappa shape index (κ3) is 4.67. The fourth-order valence-electron chi connectivity index (χ4n) is 3.29. The summed E-state index contributed by atoms with van der Waals surface area (Å²) in [6, 6.07) is 10.5. The predicted molar refractivity (Wildman–Crippen MR) is 110 cm³/mol. The van der Waals surface area contributed by atoms with E-state index >= 15 is 0 Å². The Morgan fingerprint density at radius 2 is 1.79 bits per heavy atom. The van der Waals surface area contributed by atoms with Crippen molar-refractivity contribution in [1.29, 1.82) is 0 Å². The van der Waals surface area contributed by atoms with Crippen molar-refractivity contribution in [3.63, 3.8) is 0 Å². The van der Waals surface area contributed by atoms with Gasteiger partial charge in [-0.2, -0.15) is 0 Å². The van der Waals surface area contributed by atoms with Crippen molar-refractivity contribution >= 4 is 27.3 Å². The van der Waals surface area contributed by atoms with Crippen molar-refractivity contribution < 1.29 is 17.9 Å². The Kier molecular flexibility index (Phi) is 6.01. The molecule has 5 nitrogen and oxygen atoms in total. The smallest absolute Gasteiger partial charge is 0.253 e. The molecule has 0 radical (unpaired) electrons. The lowest BCUT2D eigenvalue weighted by atomic mass is 10.1. The maximum Gasteiger partial charge on any atom is 0.253 e. The van der Waals surface area contributed by atoms with E-state index in [0.29, 0.717) is 18.7 Å². The molecule has 3 rings (SSSR count). The van der Waals surface area contributed by atoms with Crippen LogP contribution in [0.3, 0.4) is 0 Å². The number of carbonyl (C=O) groups is 1. The predicted octanol–water partition coefficient (Wildman–Crippen LogP) is 4.04. The lowest BCUT2D eigenvalue weighted by molar-refractivity contribution is 0.0594. The minimum Gasteiger partial charge on any atom is -0.490 e. The average molecular weight is 422 g/mol. The van der Waals surface area contributed by atoms with Crippen LogP contribution in [0.15, 0.2) is 41.3 Å². The fourth-order valence-corrected chi connectivity index (χ4v) is 4.59. The first-order valence-electron chi connectivity index (χ1n) is 9.18. The minimum atomic E-state index is -3.49. The zero-order chi connectivity index (χ0) is 20.5. The van der Waals surface area contributed by atoms with Crippen molar-refractivity contribution in [1.82, 2.24) is 4.90 Å². The molecule has 1 amide bonds. The van der Waals surface area contributed by atoms with E-state index in [9.17, 15) is 13.2 Å². The summed E-state index contributed by atoms with van der Waals surface area (Å²) in [6.45, 7) is 5.17. The van der Waals surface area contributed by atoms with Crippen molar-refractivity contribution in [2.45, 2.75) is 37.7 Å². The van der Waals surface area contributed by atoms with E-state index in [1.165, 1.54) is 12.1 Å². The largest absolute Gasteiger partial charge is 0.490 e. The van der Waals surface area contributed by atoms with E-state index in [2.05, 4.69) is 6.07 Å². The lowest BCUT2D eigenvalue weighted by Gasteiger charge is -2.32. The third-order valence-electron chi connectivity index (χ3n) is 4.94. The van der Waals surface area contributed by atoms with E-state index in [4.69, 9.17) is 16.3 Å². The van der Waals surface area contributed by atoms with Crippen LogP contribution in [0.2, 0.25) is 5.02 Å². The molecule has 0 aromatic heterocycles. The van der Waals surface area contributed by atoms with Crippen LogP contribution in [0, 0.1) is 13.8 Å². The molecule has 0 aliphatic carbocycles. The van der Waals surface area contributed by atoms with Gasteiger partial charge in [0.15, 0.2) is 9.84 Å². The summed E-state index contributed by atoms with van der Waals surface area (Å²) >= 11 is 5.97. The number of aryl methyl sites for hydroxylation is 2. The van der Waals surface area contributed by atoms with E-state index in [0.717, 1.165) is 36.0 Å². The summed E-state index contributed by atoms with van der Waals surface area (Å²) in [5.74, 6) is 0.701. The molecule has 0 atom stereocenters. The van der Waals surface area contributed by atoms with Gasteiger partial charge in [-0.05, 0) is 49.2 Å². The number of likely N-dealkylation sites (tertiary alicyclic amines) is 1. The Balaban J connectivity index is 1.66. The highest BCUT2D eigenvalue weighted by molar-refractivity contribution is 7.90. The molecule has 0 spiro atoms. The van der Waals surface area contributed by atoms with Gasteiger partial charge >= 0.3 is 0 Å². The highest BCUT2D eigenvalue weighted by atomic mass is 35.5. The van der Waals surface area contributed by atoms with Gasteiger partial charge in [-0.1, -0.05) is 23.7 Å². The topological polar surface area (TPSA) is 63.7 Å². The van der Waals surface area contributed by atoms with E-state index in [1.54, 1.807) is 11.0 Å².